The Bertz CT molecular complexity index is 1350. The average molecular weight is 439 g/mol. The summed E-state index contributed by atoms with van der Waals surface area (Å²) < 4.78 is 26.6. The van der Waals surface area contributed by atoms with E-state index in [4.69, 9.17) is 0 Å². The number of nitrogens with one attached hydrogen (secondary N) is 1. The van der Waals surface area contributed by atoms with Gasteiger partial charge in [-0.15, -0.1) is 0 Å². The molecule has 0 radical (unpaired) electrons. The fourth-order valence-electron chi connectivity index (χ4n) is 3.37. The van der Waals surface area contributed by atoms with Gasteiger partial charge in [0.25, 0.3) is 33.4 Å². The van der Waals surface area contributed by atoms with Crippen LogP contribution in [0.5, 0.6) is 0 Å². The summed E-state index contributed by atoms with van der Waals surface area (Å²) in [4.78, 5) is 48.3. The van der Waals surface area contributed by atoms with E-state index in [9.17, 15) is 32.9 Å². The van der Waals surface area contributed by atoms with Crippen LogP contribution in [0, 0.1) is 10.1 Å². The zero-order chi connectivity index (χ0) is 22.3. The molecule has 31 heavy (non-hydrogen) atoms. The molecule has 0 saturated carbocycles. The van der Waals surface area contributed by atoms with Crippen molar-refractivity contribution in [2.75, 3.05) is 6.54 Å². The Morgan fingerprint density at radius 3 is 2.13 bits per heavy atom. The topological polar surface area (TPSA) is 144 Å². The molecule has 0 unspecified atom stereocenters. The zero-order valence-corrected chi connectivity index (χ0v) is 16.5. The monoisotopic (exact) mass is 439 g/mol. The van der Waals surface area contributed by atoms with Crippen molar-refractivity contribution >= 4 is 44.2 Å². The van der Waals surface area contributed by atoms with E-state index in [-0.39, 0.29) is 11.1 Å². The molecule has 1 aliphatic rings. The van der Waals surface area contributed by atoms with E-state index in [2.05, 4.69) is 0 Å². The number of non-ortho nitro benzene ring substituents is 1. The van der Waals surface area contributed by atoms with Crippen LogP contribution in [0.1, 0.15) is 20.7 Å². The van der Waals surface area contributed by atoms with Gasteiger partial charge in [-0.1, -0.05) is 30.3 Å². The van der Waals surface area contributed by atoms with E-state index in [1.54, 1.807) is 29.0 Å². The van der Waals surface area contributed by atoms with Crippen LogP contribution in [0.25, 0.3) is 10.8 Å². The number of benzene rings is 3. The van der Waals surface area contributed by atoms with Crippen LogP contribution in [0.2, 0.25) is 0 Å². The predicted octanol–water partition coefficient (Wildman–Crippen LogP) is 1.85. The quantitative estimate of drug-likeness (QED) is 0.363. The van der Waals surface area contributed by atoms with Gasteiger partial charge in [0.15, 0.2) is 0 Å². The molecule has 0 bridgehead atoms. The first-order valence-electron chi connectivity index (χ1n) is 8.87. The van der Waals surface area contributed by atoms with Crippen LogP contribution in [0.3, 0.4) is 0 Å². The molecule has 0 aromatic heterocycles. The number of hydrogen-bond acceptors (Lipinski definition) is 7. The lowest BCUT2D eigenvalue weighted by atomic mass is 9.94. The number of sulfonamides is 1. The van der Waals surface area contributed by atoms with Gasteiger partial charge in [0.2, 0.25) is 0 Å². The Balaban J connectivity index is 1.59. The maximum absolute atomic E-state index is 12.8. The smallest absolute Gasteiger partial charge is 0.270 e. The number of nitrogens with zero attached hydrogens (tertiary/aromatic N) is 2. The van der Waals surface area contributed by atoms with Crippen LogP contribution in [0.4, 0.5) is 5.69 Å². The minimum atomic E-state index is -4.46. The highest BCUT2D eigenvalue weighted by molar-refractivity contribution is 7.90. The highest BCUT2D eigenvalue weighted by Crippen LogP contribution is 2.29. The average Bonchev–Trinajstić information content (AvgIpc) is 2.74. The fraction of sp³-hybridized carbons (Fsp3) is 0.0500. The van der Waals surface area contributed by atoms with Crippen molar-refractivity contribution in [2.45, 2.75) is 4.90 Å². The summed E-state index contributed by atoms with van der Waals surface area (Å²) in [6.07, 6.45) is 0. The predicted molar refractivity (Wildman–Crippen MR) is 108 cm³/mol. The van der Waals surface area contributed by atoms with Gasteiger partial charge in [-0.05, 0) is 23.6 Å². The molecule has 3 amide bonds. The summed E-state index contributed by atoms with van der Waals surface area (Å²) in [5.41, 5.74) is -0.0227. The van der Waals surface area contributed by atoms with Crippen molar-refractivity contribution in [3.63, 3.8) is 0 Å². The number of rotatable bonds is 5. The first kappa shape index (κ1) is 20.2. The third-order valence-corrected chi connectivity index (χ3v) is 6.12. The summed E-state index contributed by atoms with van der Waals surface area (Å²) in [5, 5.41) is 12.0. The van der Waals surface area contributed by atoms with Gasteiger partial charge in [0.1, 0.15) is 6.54 Å². The third kappa shape index (κ3) is 3.51. The number of amides is 3. The van der Waals surface area contributed by atoms with E-state index < -0.39 is 49.8 Å². The minimum Gasteiger partial charge on any atom is -0.272 e. The summed E-state index contributed by atoms with van der Waals surface area (Å²) in [6, 6.07) is 13.9. The molecule has 1 heterocycles. The van der Waals surface area contributed by atoms with Crippen molar-refractivity contribution in [1.29, 1.82) is 0 Å². The Morgan fingerprint density at radius 2 is 1.55 bits per heavy atom. The molecule has 0 spiro atoms. The molecule has 1 N–H and O–H groups in total. The molecule has 156 valence electrons. The third-order valence-electron chi connectivity index (χ3n) is 4.74. The second kappa shape index (κ2) is 7.29. The molecule has 4 rings (SSSR count). The number of imide groups is 1. The van der Waals surface area contributed by atoms with Crippen LogP contribution < -0.4 is 4.72 Å². The normalized spacial score (nSPS) is 13.4. The molecular formula is C20H13N3O7S. The molecule has 0 atom stereocenters. The minimum absolute atomic E-state index is 0.224. The largest absolute Gasteiger partial charge is 0.272 e. The van der Waals surface area contributed by atoms with Crippen molar-refractivity contribution in [3.05, 3.63) is 81.9 Å². The lowest BCUT2D eigenvalue weighted by molar-refractivity contribution is -0.385. The van der Waals surface area contributed by atoms with Crippen molar-refractivity contribution < 1.29 is 27.7 Å². The fourth-order valence-corrected chi connectivity index (χ4v) is 4.39. The summed E-state index contributed by atoms with van der Waals surface area (Å²) >= 11 is 0. The maximum Gasteiger partial charge on any atom is 0.270 e. The van der Waals surface area contributed by atoms with Gasteiger partial charge in [0, 0.05) is 28.6 Å². The molecule has 0 saturated heterocycles. The van der Waals surface area contributed by atoms with Crippen LogP contribution in [-0.4, -0.2) is 42.5 Å². The van der Waals surface area contributed by atoms with Crippen LogP contribution >= 0.6 is 0 Å². The molecule has 10 nitrogen and oxygen atoms in total. The van der Waals surface area contributed by atoms with Gasteiger partial charge < -0.3 is 0 Å². The first-order chi connectivity index (χ1) is 14.7. The van der Waals surface area contributed by atoms with E-state index in [1.807, 2.05) is 0 Å². The lowest BCUT2D eigenvalue weighted by Gasteiger charge is -2.26. The SMILES string of the molecule is O=C(CN1C(=O)c2cccc3cccc(c23)C1=O)NS(=O)(=O)c1cccc([N+](=O)[O-])c1. The first-order valence-corrected chi connectivity index (χ1v) is 10.4. The van der Waals surface area contributed by atoms with Crippen LogP contribution in [-0.2, 0) is 14.8 Å². The van der Waals surface area contributed by atoms with Crippen molar-refractivity contribution in [1.82, 2.24) is 9.62 Å². The second-order valence-corrected chi connectivity index (χ2v) is 8.37. The molecular weight excluding hydrogens is 426 g/mol. The highest BCUT2D eigenvalue weighted by Gasteiger charge is 2.34. The standard InChI is InChI=1S/C20H13N3O7S/c24-17(21-31(29,30)14-7-3-6-13(10-14)23(27)28)11-22-19(25)15-8-1-4-12-5-2-9-16(18(12)15)20(22)26/h1-10H,11H2,(H,21,24). The van der Waals surface area contributed by atoms with Gasteiger partial charge >= 0.3 is 0 Å². The van der Waals surface area contributed by atoms with E-state index in [0.29, 0.717) is 15.7 Å². The number of carbonyl (C=O) groups is 3. The Kier molecular flexibility index (Phi) is 4.74. The van der Waals surface area contributed by atoms with Crippen molar-refractivity contribution in [3.8, 4) is 0 Å². The number of carbonyl (C=O) groups excluding carboxylic acids is 3. The van der Waals surface area contributed by atoms with Crippen molar-refractivity contribution in [2.24, 2.45) is 0 Å². The van der Waals surface area contributed by atoms with Gasteiger partial charge in [-0.2, -0.15) is 0 Å². The molecule has 11 heteroatoms. The number of nitro groups is 1. The van der Waals surface area contributed by atoms with E-state index in [1.165, 1.54) is 12.1 Å². The summed E-state index contributed by atoms with van der Waals surface area (Å²) in [5.74, 6) is -2.59. The number of nitro benzene ring substituents is 1. The summed E-state index contributed by atoms with van der Waals surface area (Å²) in [7, 11) is -4.46. The molecule has 3 aromatic rings. The van der Waals surface area contributed by atoms with E-state index in [0.717, 1.165) is 24.3 Å². The maximum atomic E-state index is 12.8. The molecule has 3 aromatic carbocycles. The zero-order valence-electron chi connectivity index (χ0n) is 15.6. The Morgan fingerprint density at radius 1 is 0.968 bits per heavy atom. The van der Waals surface area contributed by atoms with Gasteiger partial charge in [-0.25, -0.2) is 13.1 Å². The van der Waals surface area contributed by atoms with E-state index >= 15 is 0 Å². The second-order valence-electron chi connectivity index (χ2n) is 6.69. The highest BCUT2D eigenvalue weighted by atomic mass is 32.2. The molecule has 1 aliphatic heterocycles. The van der Waals surface area contributed by atoms with Gasteiger partial charge in [-0.3, -0.25) is 29.4 Å². The lowest BCUT2D eigenvalue weighted by Crippen LogP contribution is -2.47. The van der Waals surface area contributed by atoms with Gasteiger partial charge in [0.05, 0.1) is 9.82 Å². The van der Waals surface area contributed by atoms with Crippen LogP contribution in [0.15, 0.2) is 65.6 Å². The number of hydrogen-bond donors (Lipinski definition) is 1. The summed E-state index contributed by atoms with van der Waals surface area (Å²) in [6.45, 7) is -0.837. The Labute approximate surface area is 175 Å². The molecule has 0 aliphatic carbocycles. The molecule has 0 fully saturated rings. The Hall–Kier alpha value is -4.12.